The monoisotopic (exact) mass is 285 g/mol. The van der Waals surface area contributed by atoms with Crippen LogP contribution < -0.4 is 4.74 Å². The van der Waals surface area contributed by atoms with E-state index in [0.717, 1.165) is 6.07 Å². The van der Waals surface area contributed by atoms with E-state index in [1.165, 1.54) is 24.3 Å². The minimum atomic E-state index is -4.85. The molecule has 0 aliphatic carbocycles. The zero-order valence-electron chi connectivity index (χ0n) is 10.3. The van der Waals surface area contributed by atoms with Crippen molar-refractivity contribution in [3.63, 3.8) is 0 Å². The van der Waals surface area contributed by atoms with Gasteiger partial charge in [0.25, 0.3) is 0 Å². The number of halogens is 3. The molecule has 0 radical (unpaired) electrons. The van der Waals surface area contributed by atoms with Crippen LogP contribution in [0, 0.1) is 6.92 Å². The number of ether oxygens (including phenoxy) is 1. The molecule has 1 aromatic carbocycles. The molecule has 20 heavy (non-hydrogen) atoms. The fourth-order valence-electron chi connectivity index (χ4n) is 1.86. The van der Waals surface area contributed by atoms with E-state index in [-0.39, 0.29) is 16.8 Å². The van der Waals surface area contributed by atoms with Crippen LogP contribution in [0.15, 0.2) is 30.3 Å². The molecule has 4 nitrogen and oxygen atoms in total. The second kappa shape index (κ2) is 4.92. The van der Waals surface area contributed by atoms with Crippen LogP contribution in [0.2, 0.25) is 0 Å². The van der Waals surface area contributed by atoms with Gasteiger partial charge in [-0.3, -0.25) is 0 Å². The van der Waals surface area contributed by atoms with E-state index in [0.29, 0.717) is 5.69 Å². The summed E-state index contributed by atoms with van der Waals surface area (Å²) in [6, 6.07) is 6.71. The molecule has 0 spiro atoms. The second-order valence-electron chi connectivity index (χ2n) is 4.09. The largest absolute Gasteiger partial charge is 0.573 e. The van der Waals surface area contributed by atoms with Gasteiger partial charge >= 0.3 is 12.3 Å². The number of aromatic amines is 1. The summed E-state index contributed by atoms with van der Waals surface area (Å²) in [6.45, 7) is 1.61. The lowest BCUT2D eigenvalue weighted by Crippen LogP contribution is -2.17. The summed E-state index contributed by atoms with van der Waals surface area (Å²) < 4.78 is 41.0. The Labute approximate surface area is 111 Å². The molecule has 0 aliphatic heterocycles. The number of aromatic carboxylic acids is 1. The fraction of sp³-hybridized carbons (Fsp3) is 0.154. The molecular weight excluding hydrogens is 275 g/mol. The van der Waals surface area contributed by atoms with E-state index in [9.17, 15) is 18.0 Å². The Morgan fingerprint density at radius 1 is 1.30 bits per heavy atom. The summed E-state index contributed by atoms with van der Waals surface area (Å²) in [5.74, 6) is -1.68. The zero-order chi connectivity index (χ0) is 14.9. The van der Waals surface area contributed by atoms with Gasteiger partial charge in [-0.05, 0) is 25.1 Å². The number of carbonyl (C=O) groups is 1. The molecule has 0 saturated carbocycles. The van der Waals surface area contributed by atoms with Gasteiger partial charge in [0, 0.05) is 11.3 Å². The molecule has 1 heterocycles. The second-order valence-corrected chi connectivity index (χ2v) is 4.09. The van der Waals surface area contributed by atoms with Gasteiger partial charge in [0.05, 0.1) is 11.3 Å². The van der Waals surface area contributed by atoms with Crippen molar-refractivity contribution in [2.75, 3.05) is 0 Å². The molecule has 1 aromatic heterocycles. The van der Waals surface area contributed by atoms with E-state index in [1.54, 1.807) is 6.92 Å². The quantitative estimate of drug-likeness (QED) is 0.906. The maximum Gasteiger partial charge on any atom is 0.573 e. The Bertz CT molecular complexity index is 647. The van der Waals surface area contributed by atoms with Gasteiger partial charge in [-0.2, -0.15) is 0 Å². The van der Waals surface area contributed by atoms with E-state index < -0.39 is 18.1 Å². The maximum absolute atomic E-state index is 12.4. The van der Waals surface area contributed by atoms with Gasteiger partial charge in [0.1, 0.15) is 5.75 Å². The fourth-order valence-corrected chi connectivity index (χ4v) is 1.86. The van der Waals surface area contributed by atoms with Crippen LogP contribution in [0.1, 0.15) is 16.1 Å². The lowest BCUT2D eigenvalue weighted by Gasteiger charge is -2.12. The highest BCUT2D eigenvalue weighted by Crippen LogP contribution is 2.35. The third kappa shape index (κ3) is 2.93. The van der Waals surface area contributed by atoms with E-state index in [4.69, 9.17) is 5.11 Å². The predicted molar refractivity (Wildman–Crippen MR) is 64.6 cm³/mol. The van der Waals surface area contributed by atoms with Gasteiger partial charge in [-0.1, -0.05) is 12.1 Å². The molecule has 0 unspecified atom stereocenters. The first-order valence-corrected chi connectivity index (χ1v) is 5.56. The SMILES string of the molecule is Cc1cc(C(=O)O)c(-c2ccccc2OC(F)(F)F)[nH]1. The van der Waals surface area contributed by atoms with Gasteiger partial charge < -0.3 is 14.8 Å². The van der Waals surface area contributed by atoms with Crippen molar-refractivity contribution >= 4 is 5.97 Å². The van der Waals surface area contributed by atoms with Crippen LogP contribution in [-0.2, 0) is 0 Å². The van der Waals surface area contributed by atoms with Crippen LogP contribution in [0.5, 0.6) is 5.75 Å². The Morgan fingerprint density at radius 3 is 2.55 bits per heavy atom. The Morgan fingerprint density at radius 2 is 1.95 bits per heavy atom. The van der Waals surface area contributed by atoms with Crippen molar-refractivity contribution in [3.8, 4) is 17.0 Å². The molecule has 0 bridgehead atoms. The third-order valence-electron chi connectivity index (χ3n) is 2.56. The molecule has 2 aromatic rings. The van der Waals surface area contributed by atoms with Crippen molar-refractivity contribution in [1.82, 2.24) is 4.98 Å². The molecule has 0 atom stereocenters. The van der Waals surface area contributed by atoms with Crippen molar-refractivity contribution in [3.05, 3.63) is 41.6 Å². The molecule has 0 fully saturated rings. The Kier molecular flexibility index (Phi) is 3.44. The van der Waals surface area contributed by atoms with Crippen LogP contribution in [0.25, 0.3) is 11.3 Å². The zero-order valence-corrected chi connectivity index (χ0v) is 10.3. The molecule has 0 aliphatic rings. The first-order chi connectivity index (χ1) is 9.28. The Hall–Kier alpha value is -2.44. The van der Waals surface area contributed by atoms with Gasteiger partial charge in [0.15, 0.2) is 0 Å². The van der Waals surface area contributed by atoms with E-state index in [1.807, 2.05) is 0 Å². The number of hydrogen-bond donors (Lipinski definition) is 2. The van der Waals surface area contributed by atoms with E-state index >= 15 is 0 Å². The van der Waals surface area contributed by atoms with Crippen molar-refractivity contribution < 1.29 is 27.8 Å². The molecular formula is C13H10F3NO3. The van der Waals surface area contributed by atoms with Crippen molar-refractivity contribution in [1.29, 1.82) is 0 Å². The number of aromatic nitrogens is 1. The van der Waals surface area contributed by atoms with Crippen LogP contribution >= 0.6 is 0 Å². The number of benzene rings is 1. The Balaban J connectivity index is 2.56. The standard InChI is InChI=1S/C13H10F3NO3/c1-7-6-9(12(18)19)11(17-7)8-4-2-3-5-10(8)20-13(14,15)16/h2-6,17H,1H3,(H,18,19). The minimum absolute atomic E-state index is 0.0373. The van der Waals surface area contributed by atoms with Crippen LogP contribution in [0.3, 0.4) is 0 Å². The van der Waals surface area contributed by atoms with E-state index in [2.05, 4.69) is 9.72 Å². The third-order valence-corrected chi connectivity index (χ3v) is 2.56. The van der Waals surface area contributed by atoms with Crippen LogP contribution in [0.4, 0.5) is 13.2 Å². The number of alkyl halides is 3. The number of hydrogen-bond acceptors (Lipinski definition) is 2. The highest BCUT2D eigenvalue weighted by atomic mass is 19.4. The number of aryl methyl sites for hydroxylation is 1. The first-order valence-electron chi connectivity index (χ1n) is 5.56. The summed E-state index contributed by atoms with van der Waals surface area (Å²) in [5.41, 5.74) is 0.533. The summed E-state index contributed by atoms with van der Waals surface area (Å²) in [4.78, 5) is 13.9. The molecule has 7 heteroatoms. The maximum atomic E-state index is 12.4. The predicted octanol–water partition coefficient (Wildman–Crippen LogP) is 3.59. The minimum Gasteiger partial charge on any atom is -0.478 e. The molecule has 2 N–H and O–H groups in total. The van der Waals surface area contributed by atoms with Gasteiger partial charge in [-0.25, -0.2) is 4.79 Å². The summed E-state index contributed by atoms with van der Waals surface area (Å²) >= 11 is 0. The van der Waals surface area contributed by atoms with Crippen molar-refractivity contribution in [2.45, 2.75) is 13.3 Å². The summed E-state index contributed by atoms with van der Waals surface area (Å²) in [7, 11) is 0. The lowest BCUT2D eigenvalue weighted by molar-refractivity contribution is -0.274. The first kappa shape index (κ1) is 14.0. The average Bonchev–Trinajstić information content (AvgIpc) is 2.70. The highest BCUT2D eigenvalue weighted by molar-refractivity contribution is 5.96. The van der Waals surface area contributed by atoms with Crippen LogP contribution in [-0.4, -0.2) is 22.4 Å². The smallest absolute Gasteiger partial charge is 0.478 e. The number of nitrogens with one attached hydrogen (secondary N) is 1. The number of carboxylic acids is 1. The average molecular weight is 285 g/mol. The molecule has 106 valence electrons. The molecule has 0 saturated heterocycles. The topological polar surface area (TPSA) is 62.3 Å². The number of carboxylic acid groups (broad SMARTS) is 1. The van der Waals surface area contributed by atoms with Gasteiger partial charge in [-0.15, -0.1) is 13.2 Å². The number of H-pyrrole nitrogens is 1. The molecule has 2 rings (SSSR count). The molecule has 0 amide bonds. The number of para-hydroxylation sites is 1. The lowest BCUT2D eigenvalue weighted by atomic mass is 10.1. The summed E-state index contributed by atoms with van der Waals surface area (Å²) in [6.07, 6.45) is -4.85. The normalized spacial score (nSPS) is 11.4. The van der Waals surface area contributed by atoms with Gasteiger partial charge in [0.2, 0.25) is 0 Å². The van der Waals surface area contributed by atoms with Crippen molar-refractivity contribution in [2.24, 2.45) is 0 Å². The number of rotatable bonds is 3. The highest BCUT2D eigenvalue weighted by Gasteiger charge is 2.32. The summed E-state index contributed by atoms with van der Waals surface area (Å²) in [5, 5.41) is 9.08.